The van der Waals surface area contributed by atoms with Crippen LogP contribution in [0.25, 0.3) is 11.0 Å². The molecule has 0 aliphatic rings. The van der Waals surface area contributed by atoms with Gasteiger partial charge in [0.1, 0.15) is 11.6 Å². The van der Waals surface area contributed by atoms with Gasteiger partial charge in [-0.05, 0) is 24.3 Å². The highest BCUT2D eigenvalue weighted by Gasteiger charge is 2.17. The molecule has 0 fully saturated rings. The van der Waals surface area contributed by atoms with E-state index in [0.29, 0.717) is 17.1 Å². The summed E-state index contributed by atoms with van der Waals surface area (Å²) in [7, 11) is 1.65. The number of carbonyl (C=O) groups is 2. The van der Waals surface area contributed by atoms with Crippen LogP contribution in [0.4, 0.5) is 14.5 Å². The van der Waals surface area contributed by atoms with Gasteiger partial charge >= 0.3 is 5.97 Å². The Morgan fingerprint density at radius 2 is 1.92 bits per heavy atom. The van der Waals surface area contributed by atoms with Crippen molar-refractivity contribution in [1.82, 2.24) is 9.55 Å². The number of nitrogens with one attached hydrogen (secondary N) is 1. The van der Waals surface area contributed by atoms with Gasteiger partial charge in [0.2, 0.25) is 0 Å². The van der Waals surface area contributed by atoms with Gasteiger partial charge in [0, 0.05) is 18.8 Å². The summed E-state index contributed by atoms with van der Waals surface area (Å²) in [4.78, 5) is 27.6. The molecule has 0 unspecified atom stereocenters. The molecule has 3 rings (SSSR count). The number of benzene rings is 2. The molecule has 0 aliphatic carbocycles. The lowest BCUT2D eigenvalue weighted by Gasteiger charge is -2.08. The predicted octanol–water partition coefficient (Wildman–Crippen LogP) is 2.80. The van der Waals surface area contributed by atoms with E-state index in [9.17, 15) is 23.5 Å². The monoisotopic (exact) mass is 331 g/mol. The Bertz CT molecular complexity index is 982. The fourth-order valence-electron chi connectivity index (χ4n) is 2.40. The van der Waals surface area contributed by atoms with E-state index in [0.717, 1.165) is 12.1 Å². The largest absolute Gasteiger partial charge is 0.478 e. The molecule has 0 atom stereocenters. The van der Waals surface area contributed by atoms with Crippen molar-refractivity contribution in [2.75, 3.05) is 5.32 Å². The van der Waals surface area contributed by atoms with E-state index in [1.54, 1.807) is 11.6 Å². The Balaban J connectivity index is 2.01. The van der Waals surface area contributed by atoms with E-state index in [4.69, 9.17) is 0 Å². The number of hydrogen-bond donors (Lipinski definition) is 2. The zero-order chi connectivity index (χ0) is 17.4. The molecule has 24 heavy (non-hydrogen) atoms. The number of imidazole rings is 1. The smallest absolute Gasteiger partial charge is 0.337 e. The third-order valence-electron chi connectivity index (χ3n) is 3.48. The molecule has 1 amide bonds. The Morgan fingerprint density at radius 3 is 2.58 bits per heavy atom. The lowest BCUT2D eigenvalue weighted by molar-refractivity contribution is 0.0698. The number of halogens is 2. The van der Waals surface area contributed by atoms with Crippen LogP contribution in [0.1, 0.15) is 20.7 Å². The Hall–Kier alpha value is -3.29. The van der Waals surface area contributed by atoms with Crippen molar-refractivity contribution in [2.45, 2.75) is 0 Å². The molecule has 6 nitrogen and oxygen atoms in total. The van der Waals surface area contributed by atoms with Crippen LogP contribution in [0, 0.1) is 11.6 Å². The van der Waals surface area contributed by atoms with E-state index in [1.807, 2.05) is 0 Å². The average Bonchev–Trinajstić information content (AvgIpc) is 2.87. The first-order valence-corrected chi connectivity index (χ1v) is 6.81. The summed E-state index contributed by atoms with van der Waals surface area (Å²) in [6.45, 7) is 0. The molecule has 3 aromatic rings. The lowest BCUT2D eigenvalue weighted by atomic mass is 10.1. The second kappa shape index (κ2) is 5.73. The van der Waals surface area contributed by atoms with Crippen LogP contribution in [0.3, 0.4) is 0 Å². The van der Waals surface area contributed by atoms with Crippen LogP contribution < -0.4 is 5.32 Å². The van der Waals surface area contributed by atoms with Crippen molar-refractivity contribution in [1.29, 1.82) is 0 Å². The lowest BCUT2D eigenvalue weighted by Crippen LogP contribution is -2.14. The second-order valence-corrected chi connectivity index (χ2v) is 5.13. The molecule has 0 aliphatic heterocycles. The Kier molecular flexibility index (Phi) is 3.72. The van der Waals surface area contributed by atoms with E-state index < -0.39 is 23.5 Å². The SMILES string of the molecule is Cn1cnc2cc(NC(=O)c3ccc(F)cc3F)cc(C(=O)O)c21. The van der Waals surface area contributed by atoms with E-state index in [-0.39, 0.29) is 16.8 Å². The maximum atomic E-state index is 13.7. The number of nitrogens with zero attached hydrogens (tertiary/aromatic N) is 2. The number of anilines is 1. The number of rotatable bonds is 3. The van der Waals surface area contributed by atoms with Gasteiger partial charge in [-0.2, -0.15) is 0 Å². The minimum Gasteiger partial charge on any atom is -0.478 e. The zero-order valence-corrected chi connectivity index (χ0v) is 12.4. The van der Waals surface area contributed by atoms with Gasteiger partial charge in [0.05, 0.1) is 28.5 Å². The van der Waals surface area contributed by atoms with Crippen molar-refractivity contribution < 1.29 is 23.5 Å². The first-order chi connectivity index (χ1) is 11.4. The number of carboxylic acids is 1. The number of hydrogen-bond acceptors (Lipinski definition) is 3. The summed E-state index contributed by atoms with van der Waals surface area (Å²) in [5.74, 6) is -3.82. The second-order valence-electron chi connectivity index (χ2n) is 5.13. The fourth-order valence-corrected chi connectivity index (χ4v) is 2.40. The molecule has 0 saturated carbocycles. The molecule has 2 N–H and O–H groups in total. The Labute approximate surface area is 134 Å². The highest BCUT2D eigenvalue weighted by atomic mass is 19.1. The summed E-state index contributed by atoms with van der Waals surface area (Å²) in [6.07, 6.45) is 1.45. The quantitative estimate of drug-likeness (QED) is 0.773. The van der Waals surface area contributed by atoms with Crippen molar-refractivity contribution in [3.63, 3.8) is 0 Å². The number of aromatic nitrogens is 2. The van der Waals surface area contributed by atoms with Crippen molar-refractivity contribution in [3.8, 4) is 0 Å². The van der Waals surface area contributed by atoms with Crippen molar-refractivity contribution in [2.24, 2.45) is 7.05 Å². The minimum absolute atomic E-state index is 0.0534. The standard InChI is InChI=1S/C16H11F2N3O3/c1-21-7-19-13-6-9(5-11(14(13)21)16(23)24)20-15(22)10-3-2-8(17)4-12(10)18/h2-7H,1H3,(H,20,22)(H,23,24). The zero-order valence-electron chi connectivity index (χ0n) is 12.4. The van der Waals surface area contributed by atoms with Gasteiger partial charge in [-0.15, -0.1) is 0 Å². The van der Waals surface area contributed by atoms with Gasteiger partial charge in [0.25, 0.3) is 5.91 Å². The number of amides is 1. The maximum absolute atomic E-state index is 13.7. The first kappa shape index (κ1) is 15.6. The van der Waals surface area contributed by atoms with Gasteiger partial charge in [-0.1, -0.05) is 0 Å². The van der Waals surface area contributed by atoms with Gasteiger partial charge in [0.15, 0.2) is 0 Å². The van der Waals surface area contributed by atoms with Crippen LogP contribution >= 0.6 is 0 Å². The Morgan fingerprint density at radius 1 is 1.17 bits per heavy atom. The molecule has 2 aromatic carbocycles. The molecule has 1 heterocycles. The van der Waals surface area contributed by atoms with E-state index in [2.05, 4.69) is 10.3 Å². The predicted molar refractivity (Wildman–Crippen MR) is 82.0 cm³/mol. The normalized spacial score (nSPS) is 10.8. The number of aryl methyl sites for hydroxylation is 1. The third-order valence-corrected chi connectivity index (χ3v) is 3.48. The number of carbonyl (C=O) groups excluding carboxylic acids is 1. The van der Waals surface area contributed by atoms with Gasteiger partial charge in [-0.25, -0.2) is 18.6 Å². The van der Waals surface area contributed by atoms with Crippen LogP contribution in [-0.4, -0.2) is 26.5 Å². The number of aromatic carboxylic acids is 1. The van der Waals surface area contributed by atoms with Crippen LogP contribution in [0.5, 0.6) is 0 Å². The summed E-state index contributed by atoms with van der Waals surface area (Å²) >= 11 is 0. The van der Waals surface area contributed by atoms with Gasteiger partial charge in [-0.3, -0.25) is 4.79 Å². The van der Waals surface area contributed by atoms with Gasteiger partial charge < -0.3 is 15.0 Å². The third kappa shape index (κ3) is 2.69. The van der Waals surface area contributed by atoms with E-state index >= 15 is 0 Å². The molecule has 0 spiro atoms. The summed E-state index contributed by atoms with van der Waals surface area (Å²) in [5.41, 5.74) is 0.504. The molecular formula is C16H11F2N3O3. The molecule has 8 heteroatoms. The first-order valence-electron chi connectivity index (χ1n) is 6.81. The van der Waals surface area contributed by atoms with Crippen LogP contribution in [0.15, 0.2) is 36.7 Å². The van der Waals surface area contributed by atoms with Crippen LogP contribution in [0.2, 0.25) is 0 Å². The highest BCUT2D eigenvalue weighted by Crippen LogP contribution is 2.24. The summed E-state index contributed by atoms with van der Waals surface area (Å²) < 4.78 is 28.1. The van der Waals surface area contributed by atoms with Crippen molar-refractivity contribution in [3.05, 3.63) is 59.4 Å². The van der Waals surface area contributed by atoms with Crippen molar-refractivity contribution >= 4 is 28.6 Å². The average molecular weight is 331 g/mol. The molecule has 0 radical (unpaired) electrons. The maximum Gasteiger partial charge on any atom is 0.337 e. The molecule has 0 bridgehead atoms. The molecule has 122 valence electrons. The highest BCUT2D eigenvalue weighted by molar-refractivity contribution is 6.08. The minimum atomic E-state index is -1.19. The fraction of sp³-hybridized carbons (Fsp3) is 0.0625. The number of fused-ring (bicyclic) bond motifs is 1. The topological polar surface area (TPSA) is 84.2 Å². The van der Waals surface area contributed by atoms with Crippen LogP contribution in [-0.2, 0) is 7.05 Å². The molecular weight excluding hydrogens is 320 g/mol. The molecule has 1 aromatic heterocycles. The molecule has 0 saturated heterocycles. The number of carboxylic acid groups (broad SMARTS) is 1. The van der Waals surface area contributed by atoms with E-state index in [1.165, 1.54) is 18.5 Å². The summed E-state index contributed by atoms with van der Waals surface area (Å²) in [6, 6.07) is 5.30. The summed E-state index contributed by atoms with van der Waals surface area (Å²) in [5, 5.41) is 11.7.